The second kappa shape index (κ2) is 8.59. The summed E-state index contributed by atoms with van der Waals surface area (Å²) >= 11 is 0. The van der Waals surface area contributed by atoms with Gasteiger partial charge in [-0.2, -0.15) is 0 Å². The van der Waals surface area contributed by atoms with Gasteiger partial charge >= 0.3 is 0 Å². The summed E-state index contributed by atoms with van der Waals surface area (Å²) in [5, 5.41) is 0.820. The zero-order valence-electron chi connectivity index (χ0n) is 16.5. The molecule has 0 radical (unpaired) electrons. The van der Waals surface area contributed by atoms with Crippen LogP contribution in [0.2, 0.25) is 0 Å². The number of nitrogens with zero attached hydrogens (tertiary/aromatic N) is 2. The summed E-state index contributed by atoms with van der Waals surface area (Å²) in [4.78, 5) is 6.90. The molecule has 1 fully saturated rings. The van der Waals surface area contributed by atoms with E-state index >= 15 is 0 Å². The topological polar surface area (TPSA) is 71.5 Å². The Bertz CT molecular complexity index is 1110. The maximum absolute atomic E-state index is 12.9. The van der Waals surface area contributed by atoms with Gasteiger partial charge in [0.2, 0.25) is 10.0 Å². The molecule has 0 aliphatic carbocycles. The Balaban J connectivity index is 1.49. The fraction of sp³-hybridized carbons (Fsp3) is 0.318. The van der Waals surface area contributed by atoms with Gasteiger partial charge in [-0.1, -0.05) is 36.4 Å². The monoisotopic (exact) mass is 411 g/mol. The van der Waals surface area contributed by atoms with Gasteiger partial charge in [-0.25, -0.2) is 13.1 Å². The third-order valence-corrected chi connectivity index (χ3v) is 6.50. The largest absolute Gasteiger partial charge is 0.379 e. The summed E-state index contributed by atoms with van der Waals surface area (Å²) in [7, 11) is -3.68. The van der Waals surface area contributed by atoms with E-state index in [4.69, 9.17) is 4.74 Å². The molecule has 1 aromatic heterocycles. The van der Waals surface area contributed by atoms with Crippen molar-refractivity contribution < 1.29 is 13.2 Å². The third-order valence-electron chi connectivity index (χ3n) is 5.07. The van der Waals surface area contributed by atoms with E-state index in [9.17, 15) is 8.42 Å². The summed E-state index contributed by atoms with van der Waals surface area (Å²) in [6.45, 7) is 6.39. The SMILES string of the molecule is Cc1cnc2c(S(=O)(=O)NCc3cccc(CN4CCOCC4)c3)cccc2c1. The number of hydrogen-bond donors (Lipinski definition) is 1. The van der Waals surface area contributed by atoms with Crippen molar-refractivity contribution in [3.8, 4) is 0 Å². The molecule has 0 spiro atoms. The number of nitrogens with one attached hydrogen (secondary N) is 1. The van der Waals surface area contributed by atoms with Crippen LogP contribution in [0.15, 0.2) is 59.6 Å². The number of fused-ring (bicyclic) bond motifs is 1. The average Bonchev–Trinajstić information content (AvgIpc) is 2.73. The molecule has 0 bridgehead atoms. The van der Waals surface area contributed by atoms with Crippen LogP contribution in [0.1, 0.15) is 16.7 Å². The number of pyridine rings is 1. The molecule has 0 amide bonds. The van der Waals surface area contributed by atoms with Gasteiger partial charge in [0.15, 0.2) is 0 Å². The maximum atomic E-state index is 12.9. The lowest BCUT2D eigenvalue weighted by Crippen LogP contribution is -2.35. The highest BCUT2D eigenvalue weighted by Crippen LogP contribution is 2.22. The van der Waals surface area contributed by atoms with Crippen molar-refractivity contribution in [2.45, 2.75) is 24.9 Å². The van der Waals surface area contributed by atoms with Gasteiger partial charge in [0.05, 0.1) is 18.7 Å². The molecular formula is C22H25N3O3S. The van der Waals surface area contributed by atoms with Crippen LogP contribution >= 0.6 is 0 Å². The predicted molar refractivity (Wildman–Crippen MR) is 113 cm³/mol. The van der Waals surface area contributed by atoms with Crippen LogP contribution in [0.25, 0.3) is 10.9 Å². The lowest BCUT2D eigenvalue weighted by atomic mass is 10.1. The number of aryl methyl sites for hydroxylation is 1. The van der Waals surface area contributed by atoms with Crippen molar-refractivity contribution in [2.24, 2.45) is 0 Å². The smallest absolute Gasteiger partial charge is 0.243 e. The van der Waals surface area contributed by atoms with E-state index in [1.54, 1.807) is 18.3 Å². The molecule has 29 heavy (non-hydrogen) atoms. The van der Waals surface area contributed by atoms with Crippen LogP contribution in [0.5, 0.6) is 0 Å². The number of morpholine rings is 1. The van der Waals surface area contributed by atoms with Crippen LogP contribution in [0.4, 0.5) is 0 Å². The molecule has 3 aromatic rings. The van der Waals surface area contributed by atoms with Crippen molar-refractivity contribution in [3.05, 3.63) is 71.4 Å². The second-order valence-electron chi connectivity index (χ2n) is 7.37. The van der Waals surface area contributed by atoms with Gasteiger partial charge < -0.3 is 4.74 Å². The molecule has 2 heterocycles. The molecule has 1 aliphatic rings. The van der Waals surface area contributed by atoms with Gasteiger partial charge in [-0.15, -0.1) is 0 Å². The summed E-state index contributed by atoms with van der Waals surface area (Å²) in [5.41, 5.74) is 3.60. The van der Waals surface area contributed by atoms with Gasteiger partial charge in [0.25, 0.3) is 0 Å². The molecule has 0 saturated carbocycles. The fourth-order valence-corrected chi connectivity index (χ4v) is 4.77. The van der Waals surface area contributed by atoms with Crippen LogP contribution < -0.4 is 4.72 Å². The zero-order valence-corrected chi connectivity index (χ0v) is 17.3. The molecule has 7 heteroatoms. The number of benzene rings is 2. The van der Waals surface area contributed by atoms with Gasteiger partial charge in [-0.3, -0.25) is 9.88 Å². The van der Waals surface area contributed by atoms with Crippen molar-refractivity contribution in [1.82, 2.24) is 14.6 Å². The van der Waals surface area contributed by atoms with Crippen molar-refractivity contribution >= 4 is 20.9 Å². The minimum Gasteiger partial charge on any atom is -0.379 e. The van der Waals surface area contributed by atoms with E-state index in [0.29, 0.717) is 5.52 Å². The standard InChI is InChI=1S/C22H25N3O3S/c1-17-12-20-6-3-7-21(22(20)23-14-17)29(26,27)24-15-18-4-2-5-19(13-18)16-25-8-10-28-11-9-25/h2-7,12-14,24H,8-11,15-16H2,1H3. The van der Waals surface area contributed by atoms with E-state index in [2.05, 4.69) is 26.7 Å². The number of aromatic nitrogens is 1. The Hall–Kier alpha value is -2.32. The number of ether oxygens (including phenoxy) is 1. The predicted octanol–water partition coefficient (Wildman–Crippen LogP) is 2.85. The molecule has 4 rings (SSSR count). The highest BCUT2D eigenvalue weighted by Gasteiger charge is 2.18. The summed E-state index contributed by atoms with van der Waals surface area (Å²) in [6.07, 6.45) is 1.69. The Labute approximate surface area is 171 Å². The average molecular weight is 412 g/mol. The molecule has 1 aliphatic heterocycles. The number of sulfonamides is 1. The molecule has 2 aromatic carbocycles. The van der Waals surface area contributed by atoms with E-state index in [0.717, 1.165) is 49.4 Å². The molecular weight excluding hydrogens is 386 g/mol. The number of para-hydroxylation sites is 1. The second-order valence-corrected chi connectivity index (χ2v) is 9.11. The molecule has 152 valence electrons. The number of rotatable bonds is 6. The quantitative estimate of drug-likeness (QED) is 0.675. The minimum atomic E-state index is -3.68. The first-order valence-corrected chi connectivity index (χ1v) is 11.2. The first-order valence-electron chi connectivity index (χ1n) is 9.74. The summed E-state index contributed by atoms with van der Waals surface area (Å²) in [6, 6.07) is 15.2. The Morgan fingerprint density at radius 3 is 2.66 bits per heavy atom. The third kappa shape index (κ3) is 4.82. The summed E-state index contributed by atoms with van der Waals surface area (Å²) < 4.78 is 34.0. The van der Waals surface area contributed by atoms with E-state index in [1.165, 1.54) is 5.56 Å². The zero-order chi connectivity index (χ0) is 20.3. The molecule has 0 atom stereocenters. The van der Waals surface area contributed by atoms with Gasteiger partial charge in [0.1, 0.15) is 4.90 Å². The Morgan fingerprint density at radius 2 is 1.83 bits per heavy atom. The molecule has 1 N–H and O–H groups in total. The Kier molecular flexibility index (Phi) is 5.91. The highest BCUT2D eigenvalue weighted by molar-refractivity contribution is 7.89. The van der Waals surface area contributed by atoms with Crippen LogP contribution in [0, 0.1) is 6.92 Å². The first kappa shape index (κ1) is 20.0. The minimum absolute atomic E-state index is 0.208. The lowest BCUT2D eigenvalue weighted by molar-refractivity contribution is 0.0342. The van der Waals surface area contributed by atoms with Crippen molar-refractivity contribution in [2.75, 3.05) is 26.3 Å². The van der Waals surface area contributed by atoms with Gasteiger partial charge in [-0.05, 0) is 35.7 Å². The normalized spacial score (nSPS) is 15.6. The van der Waals surface area contributed by atoms with Crippen LogP contribution in [-0.2, 0) is 27.8 Å². The first-order chi connectivity index (χ1) is 14.0. The Morgan fingerprint density at radius 1 is 1.07 bits per heavy atom. The summed E-state index contributed by atoms with van der Waals surface area (Å²) in [5.74, 6) is 0. The van der Waals surface area contributed by atoms with Crippen LogP contribution in [-0.4, -0.2) is 44.6 Å². The van der Waals surface area contributed by atoms with E-state index in [1.807, 2.05) is 31.2 Å². The van der Waals surface area contributed by atoms with E-state index < -0.39 is 10.0 Å². The number of hydrogen-bond acceptors (Lipinski definition) is 5. The molecule has 1 saturated heterocycles. The van der Waals surface area contributed by atoms with Crippen molar-refractivity contribution in [1.29, 1.82) is 0 Å². The highest BCUT2D eigenvalue weighted by atomic mass is 32.2. The van der Waals surface area contributed by atoms with Crippen LogP contribution in [0.3, 0.4) is 0 Å². The molecule has 6 nitrogen and oxygen atoms in total. The van der Waals surface area contributed by atoms with E-state index in [-0.39, 0.29) is 11.4 Å². The lowest BCUT2D eigenvalue weighted by Gasteiger charge is -2.26. The fourth-order valence-electron chi connectivity index (χ4n) is 3.57. The van der Waals surface area contributed by atoms with Gasteiger partial charge in [0, 0.05) is 37.8 Å². The maximum Gasteiger partial charge on any atom is 0.243 e. The van der Waals surface area contributed by atoms with Crippen molar-refractivity contribution in [3.63, 3.8) is 0 Å². The molecule has 0 unspecified atom stereocenters.